The monoisotopic (exact) mass is 321 g/mol. The molecule has 1 N–H and O–H groups in total. The molecule has 0 fully saturated rings. The molecule has 0 amide bonds. The van der Waals surface area contributed by atoms with Gasteiger partial charge in [-0.3, -0.25) is 0 Å². The Hall–Kier alpha value is -1.35. The molecule has 1 nitrogen and oxygen atoms in total. The highest BCUT2D eigenvalue weighted by Crippen LogP contribution is 2.22. The van der Waals surface area contributed by atoms with E-state index in [1.165, 1.54) is 11.6 Å². The van der Waals surface area contributed by atoms with E-state index >= 15 is 0 Å². The summed E-state index contributed by atoms with van der Waals surface area (Å²) in [5, 5.41) is 3.42. The summed E-state index contributed by atoms with van der Waals surface area (Å²) < 4.78 is 14.1. The normalized spacial score (nSPS) is 10.5. The van der Waals surface area contributed by atoms with Gasteiger partial charge in [-0.1, -0.05) is 28.9 Å². The maximum Gasteiger partial charge on any atom is 0.123 e. The standard InChI is InChI=1S/C16H17BrFN/c1-3-12-9-14(17)5-7-16(12)19-10-13-4-6-15(18)8-11(13)2/h4-9,19H,3,10H2,1-2H3. The van der Waals surface area contributed by atoms with Crippen LogP contribution in [0.25, 0.3) is 0 Å². The lowest BCUT2D eigenvalue weighted by Gasteiger charge is -2.13. The van der Waals surface area contributed by atoms with E-state index in [0.717, 1.165) is 27.7 Å². The first kappa shape index (κ1) is 14.1. The highest BCUT2D eigenvalue weighted by molar-refractivity contribution is 9.10. The molecule has 0 aliphatic rings. The topological polar surface area (TPSA) is 12.0 Å². The molecule has 2 aromatic rings. The maximum absolute atomic E-state index is 13.0. The molecule has 0 unspecified atom stereocenters. The van der Waals surface area contributed by atoms with Gasteiger partial charge in [0.25, 0.3) is 0 Å². The summed E-state index contributed by atoms with van der Waals surface area (Å²) in [5.74, 6) is -0.181. The van der Waals surface area contributed by atoms with Crippen LogP contribution in [0.15, 0.2) is 40.9 Å². The van der Waals surface area contributed by atoms with Crippen LogP contribution in [-0.4, -0.2) is 0 Å². The number of hydrogen-bond acceptors (Lipinski definition) is 1. The minimum absolute atomic E-state index is 0.181. The minimum Gasteiger partial charge on any atom is -0.381 e. The lowest BCUT2D eigenvalue weighted by molar-refractivity contribution is 0.625. The molecule has 0 saturated carbocycles. The first-order valence-corrected chi connectivity index (χ1v) is 7.16. The second kappa shape index (κ2) is 6.20. The van der Waals surface area contributed by atoms with Crippen molar-refractivity contribution in [3.05, 3.63) is 63.4 Å². The molecule has 0 aromatic heterocycles. The van der Waals surface area contributed by atoms with Crippen molar-refractivity contribution in [2.45, 2.75) is 26.8 Å². The van der Waals surface area contributed by atoms with Crippen molar-refractivity contribution in [3.8, 4) is 0 Å². The number of nitrogens with one attached hydrogen (secondary N) is 1. The zero-order valence-electron chi connectivity index (χ0n) is 11.1. The van der Waals surface area contributed by atoms with Crippen LogP contribution in [0.3, 0.4) is 0 Å². The molecule has 19 heavy (non-hydrogen) atoms. The second-order valence-electron chi connectivity index (χ2n) is 4.58. The van der Waals surface area contributed by atoms with Crippen molar-refractivity contribution in [2.75, 3.05) is 5.32 Å². The highest BCUT2D eigenvalue weighted by atomic mass is 79.9. The van der Waals surface area contributed by atoms with E-state index in [0.29, 0.717) is 6.54 Å². The average Bonchev–Trinajstić information content (AvgIpc) is 2.39. The van der Waals surface area contributed by atoms with Crippen LogP contribution in [0.4, 0.5) is 10.1 Å². The lowest BCUT2D eigenvalue weighted by atomic mass is 10.1. The van der Waals surface area contributed by atoms with Gasteiger partial charge in [0.15, 0.2) is 0 Å². The predicted molar refractivity (Wildman–Crippen MR) is 82.0 cm³/mol. The summed E-state index contributed by atoms with van der Waals surface area (Å²) in [6.07, 6.45) is 0.976. The fourth-order valence-electron chi connectivity index (χ4n) is 2.08. The first-order chi connectivity index (χ1) is 9.10. The van der Waals surface area contributed by atoms with E-state index < -0.39 is 0 Å². The quantitative estimate of drug-likeness (QED) is 0.828. The summed E-state index contributed by atoms with van der Waals surface area (Å²) in [4.78, 5) is 0. The van der Waals surface area contributed by atoms with Crippen LogP contribution in [0.1, 0.15) is 23.6 Å². The van der Waals surface area contributed by atoms with Gasteiger partial charge in [0.1, 0.15) is 5.82 Å². The predicted octanol–water partition coefficient (Wildman–Crippen LogP) is 5.07. The van der Waals surface area contributed by atoms with Crippen LogP contribution in [0.5, 0.6) is 0 Å². The zero-order valence-corrected chi connectivity index (χ0v) is 12.7. The van der Waals surface area contributed by atoms with Gasteiger partial charge in [0, 0.05) is 16.7 Å². The van der Waals surface area contributed by atoms with Crippen molar-refractivity contribution < 1.29 is 4.39 Å². The van der Waals surface area contributed by atoms with Crippen molar-refractivity contribution in [2.24, 2.45) is 0 Å². The molecule has 2 rings (SSSR count). The number of halogens is 2. The third-order valence-corrected chi connectivity index (χ3v) is 3.72. The zero-order chi connectivity index (χ0) is 13.8. The summed E-state index contributed by atoms with van der Waals surface area (Å²) in [6.45, 7) is 4.78. The fraction of sp³-hybridized carbons (Fsp3) is 0.250. The van der Waals surface area contributed by atoms with Gasteiger partial charge in [-0.2, -0.15) is 0 Å². The average molecular weight is 322 g/mol. The van der Waals surface area contributed by atoms with Crippen LogP contribution < -0.4 is 5.32 Å². The molecule has 0 aliphatic carbocycles. The van der Waals surface area contributed by atoms with E-state index in [9.17, 15) is 4.39 Å². The third-order valence-electron chi connectivity index (χ3n) is 3.22. The molecular formula is C16H17BrFN. The first-order valence-electron chi connectivity index (χ1n) is 6.37. The molecular weight excluding hydrogens is 305 g/mol. The Kier molecular flexibility index (Phi) is 4.59. The van der Waals surface area contributed by atoms with E-state index in [1.807, 2.05) is 19.1 Å². The maximum atomic E-state index is 13.0. The SMILES string of the molecule is CCc1cc(Br)ccc1NCc1ccc(F)cc1C. The van der Waals surface area contributed by atoms with Crippen LogP contribution in [0, 0.1) is 12.7 Å². The number of benzene rings is 2. The number of aryl methyl sites for hydroxylation is 2. The lowest BCUT2D eigenvalue weighted by Crippen LogP contribution is -2.04. The van der Waals surface area contributed by atoms with Crippen molar-refractivity contribution in [1.82, 2.24) is 0 Å². The van der Waals surface area contributed by atoms with Gasteiger partial charge in [0.2, 0.25) is 0 Å². The van der Waals surface area contributed by atoms with Gasteiger partial charge in [-0.25, -0.2) is 4.39 Å². The summed E-state index contributed by atoms with van der Waals surface area (Å²) in [7, 11) is 0. The van der Waals surface area contributed by atoms with Crippen LogP contribution in [0.2, 0.25) is 0 Å². The van der Waals surface area contributed by atoms with E-state index in [1.54, 1.807) is 6.07 Å². The van der Waals surface area contributed by atoms with Gasteiger partial charge in [-0.15, -0.1) is 0 Å². The van der Waals surface area contributed by atoms with Crippen molar-refractivity contribution >= 4 is 21.6 Å². The molecule has 2 aromatic carbocycles. The molecule has 0 aliphatic heterocycles. The van der Waals surface area contributed by atoms with Gasteiger partial charge < -0.3 is 5.32 Å². The molecule has 0 bridgehead atoms. The second-order valence-corrected chi connectivity index (χ2v) is 5.50. The van der Waals surface area contributed by atoms with Crippen LogP contribution >= 0.6 is 15.9 Å². The smallest absolute Gasteiger partial charge is 0.123 e. The van der Waals surface area contributed by atoms with Crippen molar-refractivity contribution in [3.63, 3.8) is 0 Å². The molecule has 0 atom stereocenters. The fourth-order valence-corrected chi connectivity index (χ4v) is 2.48. The molecule has 0 saturated heterocycles. The molecule has 0 heterocycles. The van der Waals surface area contributed by atoms with Gasteiger partial charge in [0.05, 0.1) is 0 Å². The van der Waals surface area contributed by atoms with E-state index in [2.05, 4.69) is 40.3 Å². The van der Waals surface area contributed by atoms with E-state index in [4.69, 9.17) is 0 Å². The Morgan fingerprint density at radius 1 is 1.11 bits per heavy atom. The molecule has 3 heteroatoms. The summed E-state index contributed by atoms with van der Waals surface area (Å²) in [6, 6.07) is 11.1. The minimum atomic E-state index is -0.181. The van der Waals surface area contributed by atoms with Crippen molar-refractivity contribution in [1.29, 1.82) is 0 Å². The highest BCUT2D eigenvalue weighted by Gasteiger charge is 2.03. The number of hydrogen-bond donors (Lipinski definition) is 1. The van der Waals surface area contributed by atoms with E-state index in [-0.39, 0.29) is 5.82 Å². The Labute approximate surface area is 122 Å². The molecule has 0 radical (unpaired) electrons. The third kappa shape index (κ3) is 3.57. The Morgan fingerprint density at radius 3 is 2.58 bits per heavy atom. The molecule has 0 spiro atoms. The summed E-state index contributed by atoms with van der Waals surface area (Å²) >= 11 is 3.48. The Morgan fingerprint density at radius 2 is 1.89 bits per heavy atom. The summed E-state index contributed by atoms with van der Waals surface area (Å²) in [5.41, 5.74) is 4.50. The van der Waals surface area contributed by atoms with Gasteiger partial charge >= 0.3 is 0 Å². The Balaban J connectivity index is 2.14. The molecule has 100 valence electrons. The Bertz CT molecular complexity index is 581. The largest absolute Gasteiger partial charge is 0.381 e. The van der Waals surface area contributed by atoms with Crippen LogP contribution in [-0.2, 0) is 13.0 Å². The number of rotatable bonds is 4. The number of anilines is 1. The van der Waals surface area contributed by atoms with Gasteiger partial charge in [-0.05, 0) is 60.4 Å².